The van der Waals surface area contributed by atoms with Gasteiger partial charge in [0.15, 0.2) is 9.84 Å². The van der Waals surface area contributed by atoms with Crippen molar-refractivity contribution in [2.45, 2.75) is 25.4 Å². The molecule has 1 heterocycles. The number of sulfone groups is 1. The zero-order chi connectivity index (χ0) is 12.5. The summed E-state index contributed by atoms with van der Waals surface area (Å²) in [5, 5.41) is 3.38. The SMILES string of the molecule is C[C@H](NC1CCS(=O)(=O)C1)c1cccc(Br)c1. The molecule has 1 aliphatic rings. The average molecular weight is 318 g/mol. The van der Waals surface area contributed by atoms with Gasteiger partial charge in [0, 0.05) is 16.6 Å². The maximum Gasteiger partial charge on any atom is 0.151 e. The van der Waals surface area contributed by atoms with Crippen LogP contribution < -0.4 is 5.32 Å². The lowest BCUT2D eigenvalue weighted by Gasteiger charge is -2.18. The summed E-state index contributed by atoms with van der Waals surface area (Å²) in [7, 11) is -2.80. The summed E-state index contributed by atoms with van der Waals surface area (Å²) >= 11 is 3.44. The van der Waals surface area contributed by atoms with Gasteiger partial charge in [0.25, 0.3) is 0 Å². The summed E-state index contributed by atoms with van der Waals surface area (Å²) in [6, 6.07) is 8.34. The van der Waals surface area contributed by atoms with Gasteiger partial charge in [-0.1, -0.05) is 28.1 Å². The summed E-state index contributed by atoms with van der Waals surface area (Å²) in [6.45, 7) is 2.06. The molecule has 3 nitrogen and oxygen atoms in total. The second kappa shape index (κ2) is 5.08. The van der Waals surface area contributed by atoms with E-state index in [4.69, 9.17) is 0 Å². The average Bonchev–Trinajstić information content (AvgIpc) is 2.58. The van der Waals surface area contributed by atoms with Crippen LogP contribution in [-0.2, 0) is 9.84 Å². The van der Waals surface area contributed by atoms with Crippen molar-refractivity contribution in [3.05, 3.63) is 34.3 Å². The number of benzene rings is 1. The third-order valence-corrected chi connectivity index (χ3v) is 5.33. The fraction of sp³-hybridized carbons (Fsp3) is 0.500. The van der Waals surface area contributed by atoms with Gasteiger partial charge in [0.05, 0.1) is 11.5 Å². The van der Waals surface area contributed by atoms with E-state index in [1.165, 1.54) is 5.56 Å². The number of hydrogen-bond donors (Lipinski definition) is 1. The van der Waals surface area contributed by atoms with Crippen molar-refractivity contribution in [2.75, 3.05) is 11.5 Å². The highest BCUT2D eigenvalue weighted by atomic mass is 79.9. The largest absolute Gasteiger partial charge is 0.306 e. The summed E-state index contributed by atoms with van der Waals surface area (Å²) in [5.41, 5.74) is 1.17. The van der Waals surface area contributed by atoms with Gasteiger partial charge in [-0.2, -0.15) is 0 Å². The molecular formula is C12H16BrNO2S. The van der Waals surface area contributed by atoms with E-state index in [1.807, 2.05) is 18.2 Å². The molecule has 1 unspecified atom stereocenters. The molecule has 94 valence electrons. The molecule has 1 aliphatic heterocycles. The first-order chi connectivity index (χ1) is 7.96. The molecule has 1 saturated heterocycles. The van der Waals surface area contributed by atoms with Crippen LogP contribution in [0.15, 0.2) is 28.7 Å². The standard InChI is InChI=1S/C12H16BrNO2S/c1-9(10-3-2-4-11(13)7-10)14-12-5-6-17(15,16)8-12/h2-4,7,9,12,14H,5-6,8H2,1H3/t9-,12?/m0/s1. The molecule has 2 atom stereocenters. The first-order valence-electron chi connectivity index (χ1n) is 5.68. The molecule has 1 N–H and O–H groups in total. The Balaban J connectivity index is 2.00. The van der Waals surface area contributed by atoms with Crippen LogP contribution in [0.5, 0.6) is 0 Å². The number of halogens is 1. The summed E-state index contributed by atoms with van der Waals surface area (Å²) < 4.78 is 23.8. The molecule has 2 rings (SSSR count). The highest BCUT2D eigenvalue weighted by molar-refractivity contribution is 9.10. The lowest BCUT2D eigenvalue weighted by Crippen LogP contribution is -2.32. The molecule has 0 saturated carbocycles. The van der Waals surface area contributed by atoms with Gasteiger partial charge in [-0.05, 0) is 31.0 Å². The van der Waals surface area contributed by atoms with E-state index >= 15 is 0 Å². The minimum atomic E-state index is -2.80. The summed E-state index contributed by atoms with van der Waals surface area (Å²) in [5.74, 6) is 0.585. The molecule has 0 spiro atoms. The van der Waals surface area contributed by atoms with E-state index < -0.39 is 9.84 Å². The van der Waals surface area contributed by atoms with Crippen molar-refractivity contribution >= 4 is 25.8 Å². The number of nitrogens with one attached hydrogen (secondary N) is 1. The van der Waals surface area contributed by atoms with E-state index in [0.29, 0.717) is 5.75 Å². The van der Waals surface area contributed by atoms with Crippen molar-refractivity contribution < 1.29 is 8.42 Å². The van der Waals surface area contributed by atoms with Crippen LogP contribution in [-0.4, -0.2) is 26.0 Å². The van der Waals surface area contributed by atoms with Crippen molar-refractivity contribution in [1.29, 1.82) is 0 Å². The molecule has 0 aliphatic carbocycles. The van der Waals surface area contributed by atoms with Crippen LogP contribution >= 0.6 is 15.9 Å². The lowest BCUT2D eigenvalue weighted by molar-refractivity contribution is 0.485. The monoisotopic (exact) mass is 317 g/mol. The van der Waals surface area contributed by atoms with Crippen LogP contribution in [0.25, 0.3) is 0 Å². The second-order valence-electron chi connectivity index (χ2n) is 4.54. The van der Waals surface area contributed by atoms with Gasteiger partial charge in [-0.3, -0.25) is 0 Å². The van der Waals surface area contributed by atoms with E-state index in [9.17, 15) is 8.42 Å². The molecule has 5 heteroatoms. The van der Waals surface area contributed by atoms with Gasteiger partial charge in [-0.25, -0.2) is 8.42 Å². The minimum absolute atomic E-state index is 0.0916. The molecule has 0 bridgehead atoms. The smallest absolute Gasteiger partial charge is 0.151 e. The normalized spacial score (nSPS) is 24.7. The van der Waals surface area contributed by atoms with Crippen molar-refractivity contribution in [2.24, 2.45) is 0 Å². The van der Waals surface area contributed by atoms with Crippen LogP contribution in [0, 0.1) is 0 Å². The molecule has 1 aromatic carbocycles. The Morgan fingerprint density at radius 3 is 2.82 bits per heavy atom. The zero-order valence-corrected chi connectivity index (χ0v) is 12.1. The summed E-state index contributed by atoms with van der Waals surface area (Å²) in [4.78, 5) is 0. The van der Waals surface area contributed by atoms with Crippen molar-refractivity contribution in [3.63, 3.8) is 0 Å². The molecule has 0 amide bonds. The first-order valence-corrected chi connectivity index (χ1v) is 8.30. The predicted molar refractivity (Wildman–Crippen MR) is 72.8 cm³/mol. The molecule has 0 radical (unpaired) electrons. The number of hydrogen-bond acceptors (Lipinski definition) is 3. The molecular weight excluding hydrogens is 302 g/mol. The zero-order valence-electron chi connectivity index (χ0n) is 9.69. The predicted octanol–water partition coefficient (Wildman–Crippen LogP) is 2.29. The molecule has 17 heavy (non-hydrogen) atoms. The Bertz CT molecular complexity index is 501. The van der Waals surface area contributed by atoms with Crippen molar-refractivity contribution in [3.8, 4) is 0 Å². The maximum atomic E-state index is 11.4. The quantitative estimate of drug-likeness (QED) is 0.930. The first kappa shape index (κ1) is 13.1. The maximum absolute atomic E-state index is 11.4. The molecule has 1 fully saturated rings. The highest BCUT2D eigenvalue weighted by Gasteiger charge is 2.28. The topological polar surface area (TPSA) is 46.2 Å². The Kier molecular flexibility index (Phi) is 3.90. The fourth-order valence-corrected chi connectivity index (χ4v) is 4.26. The van der Waals surface area contributed by atoms with Gasteiger partial charge in [0.2, 0.25) is 0 Å². The van der Waals surface area contributed by atoms with E-state index in [2.05, 4.69) is 34.2 Å². The second-order valence-corrected chi connectivity index (χ2v) is 7.69. The van der Waals surface area contributed by atoms with Crippen LogP contribution in [0.1, 0.15) is 24.9 Å². The third-order valence-electron chi connectivity index (χ3n) is 3.07. The Morgan fingerprint density at radius 1 is 1.47 bits per heavy atom. The Morgan fingerprint density at radius 2 is 2.24 bits per heavy atom. The molecule has 1 aromatic rings. The minimum Gasteiger partial charge on any atom is -0.306 e. The highest BCUT2D eigenvalue weighted by Crippen LogP contribution is 2.20. The molecule has 0 aromatic heterocycles. The van der Waals surface area contributed by atoms with Gasteiger partial charge in [-0.15, -0.1) is 0 Å². The van der Waals surface area contributed by atoms with E-state index in [-0.39, 0.29) is 17.8 Å². The van der Waals surface area contributed by atoms with Gasteiger partial charge >= 0.3 is 0 Å². The van der Waals surface area contributed by atoms with E-state index in [1.54, 1.807) is 0 Å². The van der Waals surface area contributed by atoms with Crippen LogP contribution in [0.2, 0.25) is 0 Å². The summed E-state index contributed by atoms with van der Waals surface area (Å²) in [6.07, 6.45) is 0.723. The Labute approximate surface area is 111 Å². The third kappa shape index (κ3) is 3.53. The van der Waals surface area contributed by atoms with Crippen molar-refractivity contribution in [1.82, 2.24) is 5.32 Å². The van der Waals surface area contributed by atoms with Crippen LogP contribution in [0.3, 0.4) is 0 Å². The lowest BCUT2D eigenvalue weighted by atomic mass is 10.1. The number of rotatable bonds is 3. The van der Waals surface area contributed by atoms with E-state index in [0.717, 1.165) is 10.9 Å². The van der Waals surface area contributed by atoms with Gasteiger partial charge < -0.3 is 5.32 Å². The van der Waals surface area contributed by atoms with Gasteiger partial charge in [0.1, 0.15) is 0 Å². The van der Waals surface area contributed by atoms with Crippen LogP contribution in [0.4, 0.5) is 0 Å². The fourth-order valence-electron chi connectivity index (χ4n) is 2.15. The Hall–Kier alpha value is -0.390.